The molecule has 0 spiro atoms. The lowest BCUT2D eigenvalue weighted by Crippen LogP contribution is -2.16. The molecule has 5 aromatic rings. The summed E-state index contributed by atoms with van der Waals surface area (Å²) in [6.07, 6.45) is 2.43. The van der Waals surface area contributed by atoms with Crippen LogP contribution >= 0.6 is 11.6 Å². The topological polar surface area (TPSA) is 121 Å². The molecule has 6 rings (SSSR count). The van der Waals surface area contributed by atoms with E-state index in [0.717, 1.165) is 0 Å². The van der Waals surface area contributed by atoms with E-state index in [1.54, 1.807) is 42.8 Å². The highest BCUT2D eigenvalue weighted by Crippen LogP contribution is 2.52. The van der Waals surface area contributed by atoms with Crippen molar-refractivity contribution in [3.63, 3.8) is 0 Å². The molecule has 13 heteroatoms. The zero-order valence-corrected chi connectivity index (χ0v) is 23.6. The first-order valence-electron chi connectivity index (χ1n) is 13.0. The molecule has 0 saturated heterocycles. The zero-order valence-electron chi connectivity index (χ0n) is 22.8. The van der Waals surface area contributed by atoms with Crippen LogP contribution in [-0.4, -0.2) is 36.3 Å². The minimum Gasteiger partial charge on any atom is -0.421 e. The van der Waals surface area contributed by atoms with E-state index in [1.807, 2.05) is 0 Å². The predicted octanol–water partition coefficient (Wildman–Crippen LogP) is 6.72. The number of nitrogens with one attached hydrogen (secondary N) is 1. The molecular formula is C30H23ClF3N7O2. The molecule has 1 atom stereocenters. The van der Waals surface area contributed by atoms with E-state index in [0.29, 0.717) is 39.1 Å². The van der Waals surface area contributed by atoms with E-state index >= 15 is 4.39 Å². The lowest BCUT2D eigenvalue weighted by Gasteiger charge is -2.14. The summed E-state index contributed by atoms with van der Waals surface area (Å²) in [5, 5.41) is 3.27. The Bertz CT molecular complexity index is 1960. The van der Waals surface area contributed by atoms with E-state index in [-0.39, 0.29) is 33.9 Å². The largest absolute Gasteiger partial charge is 0.421 e. The first kappa shape index (κ1) is 28.2. The summed E-state index contributed by atoms with van der Waals surface area (Å²) in [6.45, 7) is 5.29. The van der Waals surface area contributed by atoms with Gasteiger partial charge in [0.15, 0.2) is 11.6 Å². The molecule has 9 nitrogen and oxygen atoms in total. The number of aryl methyl sites for hydroxylation is 2. The average molecular weight is 606 g/mol. The summed E-state index contributed by atoms with van der Waals surface area (Å²) >= 11 is 6.72. The van der Waals surface area contributed by atoms with Gasteiger partial charge in [0, 0.05) is 47.7 Å². The van der Waals surface area contributed by atoms with Gasteiger partial charge < -0.3 is 20.4 Å². The van der Waals surface area contributed by atoms with Gasteiger partial charge in [0.2, 0.25) is 0 Å². The van der Waals surface area contributed by atoms with Crippen molar-refractivity contribution in [2.45, 2.75) is 19.3 Å². The molecule has 0 radical (unpaired) electrons. The average Bonchev–Trinajstić information content (AvgIpc) is 3.49. The van der Waals surface area contributed by atoms with E-state index in [9.17, 15) is 13.6 Å². The number of nitrogens with two attached hydrogens (primary N) is 1. The quantitative estimate of drug-likeness (QED) is 0.198. The zero-order chi connectivity index (χ0) is 30.6. The number of hydrogen-bond donors (Lipinski definition) is 2. The summed E-state index contributed by atoms with van der Waals surface area (Å²) in [5.74, 6) is -5.38. The molecule has 1 fully saturated rings. The lowest BCUT2D eigenvalue weighted by molar-refractivity contribution is -0.113. The van der Waals surface area contributed by atoms with Crippen molar-refractivity contribution in [2.24, 2.45) is 13.0 Å². The van der Waals surface area contributed by atoms with Gasteiger partial charge >= 0.3 is 6.01 Å². The number of anilines is 2. The molecule has 1 aliphatic rings. The summed E-state index contributed by atoms with van der Waals surface area (Å²) in [5.41, 5.74) is 9.52. The predicted molar refractivity (Wildman–Crippen MR) is 156 cm³/mol. The van der Waals surface area contributed by atoms with Crippen molar-refractivity contribution < 1.29 is 22.7 Å². The summed E-state index contributed by atoms with van der Waals surface area (Å²) in [7, 11) is 1.75. The molecule has 1 amide bonds. The van der Waals surface area contributed by atoms with Gasteiger partial charge in [-0.15, -0.1) is 0 Å². The summed E-state index contributed by atoms with van der Waals surface area (Å²) in [4.78, 5) is 29.2. The number of carbonyl (C=O) groups excluding carboxylic acids is 1. The third-order valence-electron chi connectivity index (χ3n) is 7.21. The minimum atomic E-state index is -2.91. The standard InChI is InChI=1S/C30H23ClF3N7O2/c1-14-8-9-36-29(39-14)43-22-7-4-16(10-21(22)32)23-24-26(35)37-13-38-27(24)41(3)25(23)18-6-5-17(11-20(18)31)40-28(42)15(2)19-12-30(19,33)34/h4-11,13,19H,2,12H2,1,3H3,(H,40,42)(H2,35,37,38)/t19-/m1/s1. The van der Waals surface area contributed by atoms with Crippen LogP contribution < -0.4 is 15.8 Å². The van der Waals surface area contributed by atoms with Crippen LogP contribution in [0.3, 0.4) is 0 Å². The molecule has 1 saturated carbocycles. The van der Waals surface area contributed by atoms with Gasteiger partial charge in [0.1, 0.15) is 17.8 Å². The number of hydrogen-bond acceptors (Lipinski definition) is 7. The van der Waals surface area contributed by atoms with Crippen LogP contribution in [0.4, 0.5) is 24.7 Å². The van der Waals surface area contributed by atoms with Crippen LogP contribution in [0.1, 0.15) is 12.1 Å². The minimum absolute atomic E-state index is 0.00326. The first-order valence-corrected chi connectivity index (χ1v) is 13.4. The van der Waals surface area contributed by atoms with Crippen LogP contribution in [0.25, 0.3) is 33.4 Å². The molecule has 1 aliphatic carbocycles. The van der Waals surface area contributed by atoms with Gasteiger partial charge in [-0.1, -0.05) is 24.2 Å². The number of aromatic nitrogens is 5. The highest BCUT2D eigenvalue weighted by Gasteiger charge is 2.59. The maximum atomic E-state index is 15.4. The van der Waals surface area contributed by atoms with Crippen molar-refractivity contribution in [3.05, 3.63) is 83.7 Å². The second kappa shape index (κ2) is 10.4. The highest BCUT2D eigenvalue weighted by atomic mass is 35.5. The van der Waals surface area contributed by atoms with Gasteiger partial charge in [-0.3, -0.25) is 4.79 Å². The van der Waals surface area contributed by atoms with Gasteiger partial charge in [-0.2, -0.15) is 0 Å². The number of fused-ring (bicyclic) bond motifs is 1. The fourth-order valence-corrected chi connectivity index (χ4v) is 5.20. The molecule has 0 bridgehead atoms. The second-order valence-electron chi connectivity index (χ2n) is 10.2. The Morgan fingerprint density at radius 3 is 2.63 bits per heavy atom. The number of amides is 1. The van der Waals surface area contributed by atoms with Gasteiger partial charge in [-0.05, 0) is 48.9 Å². The fraction of sp³-hybridized carbons (Fsp3) is 0.167. The Balaban J connectivity index is 1.40. The van der Waals surface area contributed by atoms with E-state index in [4.69, 9.17) is 22.1 Å². The van der Waals surface area contributed by atoms with Crippen LogP contribution in [0.5, 0.6) is 11.8 Å². The number of carbonyl (C=O) groups is 1. The Hall–Kier alpha value is -4.97. The molecule has 3 heterocycles. The SMILES string of the molecule is C=C(C(=O)Nc1ccc(-c2c(-c3ccc(Oc4nccc(C)n4)c(F)c3)c3c(N)ncnc3n2C)c(Cl)c1)[C@H]1CC1(F)F. The third-order valence-corrected chi connectivity index (χ3v) is 7.52. The van der Waals surface area contributed by atoms with Crippen LogP contribution in [0.2, 0.25) is 5.02 Å². The number of rotatable bonds is 7. The Labute approximate surface area is 248 Å². The molecule has 3 N–H and O–H groups in total. The molecule has 2 aromatic carbocycles. The smallest absolute Gasteiger partial charge is 0.322 e. The van der Waals surface area contributed by atoms with Crippen molar-refractivity contribution in [3.8, 4) is 34.1 Å². The van der Waals surface area contributed by atoms with Crippen molar-refractivity contribution in [1.82, 2.24) is 24.5 Å². The number of nitrogens with zero attached hydrogens (tertiary/aromatic N) is 5. The second-order valence-corrected chi connectivity index (χ2v) is 10.6. The summed E-state index contributed by atoms with van der Waals surface area (Å²) in [6, 6.07) is 10.8. The summed E-state index contributed by atoms with van der Waals surface area (Å²) < 4.78 is 49.6. The fourth-order valence-electron chi connectivity index (χ4n) is 4.93. The number of ether oxygens (including phenoxy) is 1. The van der Waals surface area contributed by atoms with Crippen LogP contribution in [0, 0.1) is 18.7 Å². The van der Waals surface area contributed by atoms with Crippen molar-refractivity contribution in [1.29, 1.82) is 0 Å². The Morgan fingerprint density at radius 1 is 1.19 bits per heavy atom. The van der Waals surface area contributed by atoms with E-state index in [1.165, 1.54) is 30.7 Å². The van der Waals surface area contributed by atoms with Crippen LogP contribution in [-0.2, 0) is 11.8 Å². The highest BCUT2D eigenvalue weighted by molar-refractivity contribution is 6.34. The van der Waals surface area contributed by atoms with Crippen molar-refractivity contribution in [2.75, 3.05) is 11.1 Å². The Morgan fingerprint density at radius 2 is 1.95 bits per heavy atom. The first-order chi connectivity index (χ1) is 20.4. The van der Waals surface area contributed by atoms with Crippen LogP contribution in [0.15, 0.2) is 67.1 Å². The van der Waals surface area contributed by atoms with E-state index < -0.39 is 30.0 Å². The molecule has 3 aromatic heterocycles. The molecular weight excluding hydrogens is 583 g/mol. The number of benzene rings is 2. The van der Waals surface area contributed by atoms with E-state index in [2.05, 4.69) is 31.8 Å². The number of nitrogen functional groups attached to an aromatic ring is 1. The molecule has 218 valence electrons. The normalized spacial score (nSPS) is 15.3. The lowest BCUT2D eigenvalue weighted by atomic mass is 9.98. The van der Waals surface area contributed by atoms with Gasteiger partial charge in [-0.25, -0.2) is 33.1 Å². The number of halogens is 4. The van der Waals surface area contributed by atoms with Crippen molar-refractivity contribution >= 4 is 40.0 Å². The maximum absolute atomic E-state index is 15.4. The number of alkyl halides is 2. The molecule has 0 unspecified atom stereocenters. The Kier molecular flexibility index (Phi) is 6.80. The molecule has 43 heavy (non-hydrogen) atoms. The van der Waals surface area contributed by atoms with Gasteiger partial charge in [0.05, 0.1) is 22.0 Å². The molecule has 0 aliphatic heterocycles. The maximum Gasteiger partial charge on any atom is 0.322 e. The van der Waals surface area contributed by atoms with Gasteiger partial charge in [0.25, 0.3) is 11.8 Å². The monoisotopic (exact) mass is 605 g/mol. The third kappa shape index (κ3) is 5.14.